The van der Waals surface area contributed by atoms with Gasteiger partial charge in [-0.3, -0.25) is 48.4 Å². The molecule has 1 unspecified atom stereocenters. The predicted molar refractivity (Wildman–Crippen MR) is 193 cm³/mol. The lowest BCUT2D eigenvalue weighted by molar-refractivity contribution is -0.140. The Balaban J connectivity index is 2.64. The molecule has 1 heterocycles. The Morgan fingerprint density at radius 3 is 1.26 bits per heavy atom. The van der Waals surface area contributed by atoms with Crippen molar-refractivity contribution in [2.75, 3.05) is 138 Å². The third-order valence-corrected chi connectivity index (χ3v) is 8.17. The normalized spacial score (nSPS) is 16.3. The highest BCUT2D eigenvalue weighted by molar-refractivity contribution is 5.88. The molecule has 1 saturated heterocycles. The number of carboxylic acid groups (broad SMARTS) is 4. The second kappa shape index (κ2) is 29.8. The van der Waals surface area contributed by atoms with E-state index in [-0.39, 0.29) is 111 Å². The van der Waals surface area contributed by atoms with Gasteiger partial charge in [-0.05, 0) is 18.8 Å². The predicted octanol–water partition coefficient (Wildman–Crippen LogP) is -1.96. The Hall–Kier alpha value is -3.50. The van der Waals surface area contributed by atoms with Gasteiger partial charge in [-0.25, -0.2) is 0 Å². The summed E-state index contributed by atoms with van der Waals surface area (Å²) in [5.74, 6) is -4.94. The summed E-state index contributed by atoms with van der Waals surface area (Å²) in [5.41, 5.74) is 0. The highest BCUT2D eigenvalue weighted by Crippen LogP contribution is 2.04. The van der Waals surface area contributed by atoms with Crippen LogP contribution in [-0.4, -0.2) is 220 Å². The first-order valence-corrected chi connectivity index (χ1v) is 18.4. The fraction of sp³-hybridized carbons (Fsp3) is 0.824. The lowest BCUT2D eigenvalue weighted by Crippen LogP contribution is -2.52. The molecule has 312 valence electrons. The summed E-state index contributed by atoms with van der Waals surface area (Å²) in [7, 11) is 0. The summed E-state index contributed by atoms with van der Waals surface area (Å²) in [5, 5.41) is 42.7. The largest absolute Gasteiger partial charge is 0.481 e. The van der Waals surface area contributed by atoms with Crippen LogP contribution in [0.3, 0.4) is 0 Å². The summed E-state index contributed by atoms with van der Waals surface area (Å²) in [6, 6.07) is -1.16. The number of hydrogen-bond donors (Lipinski definition) is 6. The van der Waals surface area contributed by atoms with E-state index in [1.807, 2.05) is 0 Å². The minimum atomic E-state index is -1.16. The molecule has 0 saturated carbocycles. The van der Waals surface area contributed by atoms with Crippen LogP contribution in [0.2, 0.25) is 0 Å². The summed E-state index contributed by atoms with van der Waals surface area (Å²) in [6.45, 7) is 8.23. The van der Waals surface area contributed by atoms with Crippen LogP contribution < -0.4 is 10.6 Å². The zero-order valence-electron chi connectivity index (χ0n) is 31.8. The number of carbonyl (C=O) groups excluding carboxylic acids is 2. The molecule has 54 heavy (non-hydrogen) atoms. The lowest BCUT2D eigenvalue weighted by atomic mass is 10.1. The van der Waals surface area contributed by atoms with Crippen molar-refractivity contribution in [3.8, 4) is 0 Å². The SMILES string of the molecule is CC(C)CCOCCOCCOCCOCCNC(=O)C(CCC(=O)O)NC(=O)CN1CCN(CC(=O)O)CCN(CC(=O)O)CCN(CC(=O)O)CC1. The van der Waals surface area contributed by atoms with Gasteiger partial charge in [0.2, 0.25) is 11.8 Å². The number of nitrogens with one attached hydrogen (secondary N) is 2. The van der Waals surface area contributed by atoms with E-state index in [1.54, 1.807) is 19.6 Å². The Morgan fingerprint density at radius 2 is 0.889 bits per heavy atom. The van der Waals surface area contributed by atoms with Gasteiger partial charge in [0.25, 0.3) is 0 Å². The minimum Gasteiger partial charge on any atom is -0.481 e. The van der Waals surface area contributed by atoms with Crippen molar-refractivity contribution < 1.29 is 68.1 Å². The average molecular weight is 779 g/mol. The minimum absolute atomic E-state index is 0.104. The molecule has 0 aromatic carbocycles. The number of ether oxygens (including phenoxy) is 4. The second-order valence-electron chi connectivity index (χ2n) is 13.3. The van der Waals surface area contributed by atoms with Crippen molar-refractivity contribution >= 4 is 35.7 Å². The molecule has 6 N–H and O–H groups in total. The fourth-order valence-corrected chi connectivity index (χ4v) is 5.22. The number of hydrogen-bond acceptors (Lipinski definition) is 14. The zero-order valence-corrected chi connectivity index (χ0v) is 31.8. The maximum atomic E-state index is 13.2. The van der Waals surface area contributed by atoms with E-state index in [0.29, 0.717) is 45.6 Å². The van der Waals surface area contributed by atoms with Crippen LogP contribution in [0.1, 0.15) is 33.1 Å². The molecule has 0 radical (unpaired) electrons. The summed E-state index contributed by atoms with van der Waals surface area (Å²) in [4.78, 5) is 78.5. The molecule has 0 spiro atoms. The summed E-state index contributed by atoms with van der Waals surface area (Å²) < 4.78 is 21.9. The van der Waals surface area contributed by atoms with Crippen molar-refractivity contribution in [2.24, 2.45) is 5.92 Å². The first-order valence-electron chi connectivity index (χ1n) is 18.4. The monoisotopic (exact) mass is 778 g/mol. The zero-order chi connectivity index (χ0) is 40.1. The van der Waals surface area contributed by atoms with E-state index in [4.69, 9.17) is 18.9 Å². The molecule has 20 nitrogen and oxygen atoms in total. The quantitative estimate of drug-likeness (QED) is 0.0472. The van der Waals surface area contributed by atoms with Crippen molar-refractivity contribution in [2.45, 2.75) is 39.2 Å². The molecular formula is C34H62N6O14. The molecule has 0 aromatic rings. The highest BCUT2D eigenvalue weighted by Gasteiger charge is 2.25. The van der Waals surface area contributed by atoms with Crippen LogP contribution >= 0.6 is 0 Å². The van der Waals surface area contributed by atoms with Crippen LogP contribution in [0.25, 0.3) is 0 Å². The van der Waals surface area contributed by atoms with Crippen LogP contribution in [0.4, 0.5) is 0 Å². The van der Waals surface area contributed by atoms with Crippen molar-refractivity contribution in [3.63, 3.8) is 0 Å². The number of amides is 2. The fourth-order valence-electron chi connectivity index (χ4n) is 5.22. The maximum absolute atomic E-state index is 13.2. The Labute approximate surface area is 317 Å². The smallest absolute Gasteiger partial charge is 0.317 e. The van der Waals surface area contributed by atoms with E-state index in [9.17, 15) is 49.2 Å². The number of aliphatic carboxylic acids is 4. The van der Waals surface area contributed by atoms with Crippen LogP contribution in [0, 0.1) is 5.92 Å². The molecule has 0 aromatic heterocycles. The number of carboxylic acids is 4. The summed E-state index contributed by atoms with van der Waals surface area (Å²) in [6.07, 6.45) is 0.463. The van der Waals surface area contributed by atoms with Crippen LogP contribution in [0.5, 0.6) is 0 Å². The summed E-state index contributed by atoms with van der Waals surface area (Å²) >= 11 is 0. The molecule has 1 aliphatic heterocycles. The van der Waals surface area contributed by atoms with Gasteiger partial charge >= 0.3 is 23.9 Å². The van der Waals surface area contributed by atoms with Crippen LogP contribution in [-0.2, 0) is 47.7 Å². The van der Waals surface area contributed by atoms with Gasteiger partial charge in [0, 0.05) is 71.9 Å². The van der Waals surface area contributed by atoms with E-state index >= 15 is 0 Å². The van der Waals surface area contributed by atoms with Gasteiger partial charge in [-0.15, -0.1) is 0 Å². The maximum Gasteiger partial charge on any atom is 0.317 e. The van der Waals surface area contributed by atoms with E-state index < -0.39 is 41.7 Å². The van der Waals surface area contributed by atoms with Gasteiger partial charge < -0.3 is 50.0 Å². The number of nitrogens with zero attached hydrogens (tertiary/aromatic N) is 4. The first kappa shape index (κ1) is 48.5. The standard InChI is InChI=1S/C34H62N6O14/c1-27(2)5-15-51-17-19-53-21-22-54-20-18-52-16-6-35-34(50)28(3-4-30(42)43)36-29(41)23-37-7-9-38(24-31(44)45)11-13-40(26-33(48)49)14-12-39(10-8-37)25-32(46)47/h27-28H,3-26H2,1-2H3,(H,35,50)(H,36,41)(H,42,43)(H,44,45)(H,46,47)(H,48,49). The molecule has 1 fully saturated rings. The van der Waals surface area contributed by atoms with E-state index in [0.717, 1.165) is 6.42 Å². The Bertz CT molecular complexity index is 1080. The molecule has 0 bridgehead atoms. The molecule has 1 rings (SSSR count). The van der Waals surface area contributed by atoms with Gasteiger partial charge in [0.1, 0.15) is 6.04 Å². The van der Waals surface area contributed by atoms with E-state index in [2.05, 4.69) is 24.5 Å². The molecule has 1 atom stereocenters. The molecule has 2 amide bonds. The third kappa shape index (κ3) is 27.1. The molecule has 20 heteroatoms. The Kier molecular flexibility index (Phi) is 26.8. The number of carbonyl (C=O) groups is 6. The highest BCUT2D eigenvalue weighted by atomic mass is 16.6. The Morgan fingerprint density at radius 1 is 0.519 bits per heavy atom. The van der Waals surface area contributed by atoms with Crippen molar-refractivity contribution in [3.05, 3.63) is 0 Å². The van der Waals surface area contributed by atoms with Gasteiger partial charge in [0.15, 0.2) is 0 Å². The van der Waals surface area contributed by atoms with Crippen LogP contribution in [0.15, 0.2) is 0 Å². The third-order valence-electron chi connectivity index (χ3n) is 8.17. The second-order valence-corrected chi connectivity index (χ2v) is 13.3. The molecular weight excluding hydrogens is 716 g/mol. The number of rotatable bonds is 28. The van der Waals surface area contributed by atoms with Gasteiger partial charge in [0.05, 0.1) is 72.4 Å². The molecule has 0 aliphatic carbocycles. The average Bonchev–Trinajstić information content (AvgIpc) is 3.08. The first-order chi connectivity index (χ1) is 25.7. The lowest BCUT2D eigenvalue weighted by Gasteiger charge is -2.33. The van der Waals surface area contributed by atoms with Crippen molar-refractivity contribution in [1.82, 2.24) is 30.2 Å². The molecule has 1 aliphatic rings. The van der Waals surface area contributed by atoms with Gasteiger partial charge in [-0.1, -0.05) is 13.8 Å². The topological polar surface area (TPSA) is 257 Å². The van der Waals surface area contributed by atoms with Crippen molar-refractivity contribution in [1.29, 1.82) is 0 Å². The van der Waals surface area contributed by atoms with Gasteiger partial charge in [-0.2, -0.15) is 0 Å². The van der Waals surface area contributed by atoms with E-state index in [1.165, 1.54) is 0 Å².